The SMILES string of the molecule is CNc1cc(NC(C)CCCO)nc(C(C)(C)C)n1. The van der Waals surface area contributed by atoms with Crippen molar-refractivity contribution in [3.63, 3.8) is 0 Å². The number of aromatic nitrogens is 2. The van der Waals surface area contributed by atoms with E-state index in [9.17, 15) is 0 Å². The first-order valence-electron chi connectivity index (χ1n) is 6.81. The quantitative estimate of drug-likeness (QED) is 0.737. The number of rotatable bonds is 6. The fraction of sp³-hybridized carbons (Fsp3) is 0.714. The number of nitrogens with one attached hydrogen (secondary N) is 2. The van der Waals surface area contributed by atoms with Gasteiger partial charge in [-0.2, -0.15) is 0 Å². The Hall–Kier alpha value is -1.36. The molecule has 1 heterocycles. The molecule has 19 heavy (non-hydrogen) atoms. The van der Waals surface area contributed by atoms with Crippen LogP contribution in [-0.4, -0.2) is 34.8 Å². The van der Waals surface area contributed by atoms with E-state index in [1.807, 2.05) is 13.1 Å². The molecule has 0 aliphatic rings. The summed E-state index contributed by atoms with van der Waals surface area (Å²) >= 11 is 0. The van der Waals surface area contributed by atoms with Crippen LogP contribution in [0.4, 0.5) is 11.6 Å². The van der Waals surface area contributed by atoms with Gasteiger partial charge in [0.2, 0.25) is 0 Å². The lowest BCUT2D eigenvalue weighted by molar-refractivity contribution is 0.282. The molecule has 0 saturated carbocycles. The van der Waals surface area contributed by atoms with Gasteiger partial charge in [0.15, 0.2) is 0 Å². The van der Waals surface area contributed by atoms with E-state index in [1.54, 1.807) is 0 Å². The molecule has 0 bridgehead atoms. The molecule has 1 unspecified atom stereocenters. The van der Waals surface area contributed by atoms with Gasteiger partial charge in [0.05, 0.1) is 0 Å². The van der Waals surface area contributed by atoms with Crippen molar-refractivity contribution in [2.45, 2.75) is 52.0 Å². The van der Waals surface area contributed by atoms with Crippen molar-refractivity contribution in [1.82, 2.24) is 9.97 Å². The maximum Gasteiger partial charge on any atom is 0.138 e. The molecule has 3 N–H and O–H groups in total. The maximum absolute atomic E-state index is 8.85. The lowest BCUT2D eigenvalue weighted by atomic mass is 9.96. The van der Waals surface area contributed by atoms with E-state index >= 15 is 0 Å². The van der Waals surface area contributed by atoms with E-state index in [0.717, 1.165) is 30.3 Å². The number of aliphatic hydroxyl groups excluding tert-OH is 1. The minimum atomic E-state index is -0.0857. The highest BCUT2D eigenvalue weighted by molar-refractivity contribution is 5.48. The molecule has 0 aliphatic carbocycles. The van der Waals surface area contributed by atoms with Gasteiger partial charge in [0.25, 0.3) is 0 Å². The summed E-state index contributed by atoms with van der Waals surface area (Å²) in [7, 11) is 1.85. The monoisotopic (exact) mass is 266 g/mol. The lowest BCUT2D eigenvalue weighted by Crippen LogP contribution is -2.21. The first kappa shape index (κ1) is 15.7. The highest BCUT2D eigenvalue weighted by Gasteiger charge is 2.19. The van der Waals surface area contributed by atoms with Crippen LogP contribution in [0.25, 0.3) is 0 Å². The van der Waals surface area contributed by atoms with Gasteiger partial charge in [0, 0.05) is 31.2 Å². The summed E-state index contributed by atoms with van der Waals surface area (Å²) in [5.74, 6) is 2.46. The van der Waals surface area contributed by atoms with Gasteiger partial charge in [0.1, 0.15) is 17.5 Å². The summed E-state index contributed by atoms with van der Waals surface area (Å²) in [5.41, 5.74) is -0.0857. The van der Waals surface area contributed by atoms with E-state index in [-0.39, 0.29) is 18.1 Å². The smallest absolute Gasteiger partial charge is 0.138 e. The Labute approximate surface area is 115 Å². The second kappa shape index (κ2) is 6.70. The maximum atomic E-state index is 8.85. The third kappa shape index (κ3) is 5.03. The van der Waals surface area contributed by atoms with Crippen LogP contribution in [0, 0.1) is 0 Å². The molecule has 0 saturated heterocycles. The van der Waals surface area contributed by atoms with Crippen molar-refractivity contribution in [3.8, 4) is 0 Å². The molecular formula is C14H26N4O. The van der Waals surface area contributed by atoms with Crippen molar-refractivity contribution in [2.24, 2.45) is 0 Å². The van der Waals surface area contributed by atoms with E-state index in [4.69, 9.17) is 5.11 Å². The molecule has 0 radical (unpaired) electrons. The van der Waals surface area contributed by atoms with Gasteiger partial charge in [-0.25, -0.2) is 9.97 Å². The van der Waals surface area contributed by atoms with Crippen LogP contribution < -0.4 is 10.6 Å². The Morgan fingerprint density at radius 3 is 2.42 bits per heavy atom. The average Bonchev–Trinajstić information content (AvgIpc) is 2.34. The van der Waals surface area contributed by atoms with E-state index < -0.39 is 0 Å². The molecule has 1 aromatic heterocycles. The van der Waals surface area contributed by atoms with Crippen LogP contribution in [0.3, 0.4) is 0 Å². The van der Waals surface area contributed by atoms with Crippen LogP contribution in [0.15, 0.2) is 6.07 Å². The van der Waals surface area contributed by atoms with Gasteiger partial charge >= 0.3 is 0 Å². The number of aliphatic hydroxyl groups is 1. The molecule has 1 rings (SSSR count). The van der Waals surface area contributed by atoms with Crippen molar-refractivity contribution in [2.75, 3.05) is 24.3 Å². The summed E-state index contributed by atoms with van der Waals surface area (Å²) in [6.07, 6.45) is 1.71. The van der Waals surface area contributed by atoms with Gasteiger partial charge in [-0.15, -0.1) is 0 Å². The molecule has 0 aliphatic heterocycles. The molecule has 108 valence electrons. The van der Waals surface area contributed by atoms with Gasteiger partial charge in [-0.3, -0.25) is 0 Å². The van der Waals surface area contributed by atoms with E-state index in [0.29, 0.717) is 0 Å². The third-order valence-corrected chi connectivity index (χ3v) is 2.84. The van der Waals surface area contributed by atoms with Crippen LogP contribution in [0.1, 0.15) is 46.4 Å². The largest absolute Gasteiger partial charge is 0.396 e. The Morgan fingerprint density at radius 1 is 1.26 bits per heavy atom. The average molecular weight is 266 g/mol. The summed E-state index contributed by atoms with van der Waals surface area (Å²) in [6.45, 7) is 8.61. The highest BCUT2D eigenvalue weighted by Crippen LogP contribution is 2.22. The molecule has 1 aromatic rings. The van der Waals surface area contributed by atoms with Crippen molar-refractivity contribution >= 4 is 11.6 Å². The van der Waals surface area contributed by atoms with Crippen molar-refractivity contribution in [3.05, 3.63) is 11.9 Å². The van der Waals surface area contributed by atoms with Crippen molar-refractivity contribution < 1.29 is 5.11 Å². The molecular weight excluding hydrogens is 240 g/mol. The summed E-state index contributed by atoms with van der Waals surface area (Å²) in [4.78, 5) is 9.07. The Kier molecular flexibility index (Phi) is 5.54. The van der Waals surface area contributed by atoms with Crippen LogP contribution in [-0.2, 0) is 5.41 Å². The molecule has 5 heteroatoms. The second-order valence-corrected chi connectivity index (χ2v) is 5.87. The van der Waals surface area contributed by atoms with Crippen molar-refractivity contribution in [1.29, 1.82) is 0 Å². The lowest BCUT2D eigenvalue weighted by Gasteiger charge is -2.20. The van der Waals surface area contributed by atoms with Gasteiger partial charge in [-0.1, -0.05) is 20.8 Å². The predicted molar refractivity (Wildman–Crippen MR) is 79.7 cm³/mol. The zero-order valence-corrected chi connectivity index (χ0v) is 12.6. The summed E-state index contributed by atoms with van der Waals surface area (Å²) in [6, 6.07) is 2.18. The Morgan fingerprint density at radius 2 is 1.89 bits per heavy atom. The molecule has 0 aromatic carbocycles. The molecule has 0 spiro atoms. The first-order valence-corrected chi connectivity index (χ1v) is 6.81. The highest BCUT2D eigenvalue weighted by atomic mass is 16.2. The fourth-order valence-corrected chi connectivity index (χ4v) is 1.71. The van der Waals surface area contributed by atoms with E-state index in [1.165, 1.54) is 0 Å². The Bertz CT molecular complexity index is 401. The molecule has 5 nitrogen and oxygen atoms in total. The zero-order valence-electron chi connectivity index (χ0n) is 12.6. The molecule has 0 fully saturated rings. The number of hydrogen-bond donors (Lipinski definition) is 3. The number of hydrogen-bond acceptors (Lipinski definition) is 5. The topological polar surface area (TPSA) is 70.1 Å². The van der Waals surface area contributed by atoms with Gasteiger partial charge in [-0.05, 0) is 19.8 Å². The second-order valence-electron chi connectivity index (χ2n) is 5.87. The van der Waals surface area contributed by atoms with E-state index in [2.05, 4.69) is 48.3 Å². The van der Waals surface area contributed by atoms with Crippen LogP contribution in [0.5, 0.6) is 0 Å². The van der Waals surface area contributed by atoms with Crippen LogP contribution in [0.2, 0.25) is 0 Å². The predicted octanol–water partition coefficient (Wildman–Crippen LogP) is 2.39. The normalized spacial score (nSPS) is 13.2. The first-order chi connectivity index (χ1) is 8.86. The summed E-state index contributed by atoms with van der Waals surface area (Å²) < 4.78 is 0. The Balaban J connectivity index is 2.88. The third-order valence-electron chi connectivity index (χ3n) is 2.84. The zero-order chi connectivity index (χ0) is 14.5. The number of nitrogens with zero attached hydrogens (tertiary/aromatic N) is 2. The summed E-state index contributed by atoms with van der Waals surface area (Å²) in [5, 5.41) is 15.3. The minimum absolute atomic E-state index is 0.0857. The van der Waals surface area contributed by atoms with Crippen LogP contribution >= 0.6 is 0 Å². The molecule has 1 atom stereocenters. The number of anilines is 2. The molecule has 0 amide bonds. The standard InChI is InChI=1S/C14H26N4O/c1-10(7-6-8-19)16-12-9-11(15-5)17-13(18-12)14(2,3)4/h9-10,19H,6-8H2,1-5H3,(H2,15,16,17,18). The van der Waals surface area contributed by atoms with Gasteiger partial charge < -0.3 is 15.7 Å². The minimum Gasteiger partial charge on any atom is -0.396 e. The fourth-order valence-electron chi connectivity index (χ4n) is 1.71.